The average molecular weight is 531 g/mol. The van der Waals surface area contributed by atoms with Gasteiger partial charge in [0.05, 0.1) is 24.4 Å². The number of halogens is 3. The van der Waals surface area contributed by atoms with Crippen LogP contribution in [0.4, 0.5) is 13.2 Å². The summed E-state index contributed by atoms with van der Waals surface area (Å²) in [7, 11) is 1.88. The molecule has 1 fully saturated rings. The van der Waals surface area contributed by atoms with Gasteiger partial charge in [-0.1, -0.05) is 18.2 Å². The second-order valence-corrected chi connectivity index (χ2v) is 10.4. The number of rotatable bonds is 8. The van der Waals surface area contributed by atoms with Crippen LogP contribution in [0.3, 0.4) is 0 Å². The second-order valence-electron chi connectivity index (χ2n) is 10.4. The van der Waals surface area contributed by atoms with Crippen molar-refractivity contribution in [1.29, 1.82) is 0 Å². The third-order valence-corrected chi connectivity index (χ3v) is 7.57. The maximum absolute atomic E-state index is 12.9. The molecule has 0 spiro atoms. The number of benzene rings is 1. The highest BCUT2D eigenvalue weighted by Crippen LogP contribution is 2.27. The van der Waals surface area contributed by atoms with Crippen molar-refractivity contribution >= 4 is 16.7 Å². The van der Waals surface area contributed by atoms with Gasteiger partial charge in [-0.05, 0) is 43.2 Å². The number of ether oxygens (including phenoxy) is 2. The number of pyridine rings is 1. The molecule has 2 aliphatic heterocycles. The lowest BCUT2D eigenvalue weighted by molar-refractivity contribution is -0.154. The van der Waals surface area contributed by atoms with Crippen molar-refractivity contribution in [3.05, 3.63) is 53.3 Å². The van der Waals surface area contributed by atoms with Gasteiger partial charge in [0, 0.05) is 62.2 Å². The van der Waals surface area contributed by atoms with Crippen molar-refractivity contribution in [1.82, 2.24) is 19.7 Å². The minimum atomic E-state index is -4.38. The van der Waals surface area contributed by atoms with Gasteiger partial charge in [-0.25, -0.2) is 4.98 Å². The zero-order chi connectivity index (χ0) is 26.7. The predicted molar refractivity (Wildman–Crippen MR) is 136 cm³/mol. The van der Waals surface area contributed by atoms with Gasteiger partial charge in [0.1, 0.15) is 0 Å². The van der Waals surface area contributed by atoms with E-state index in [1.807, 2.05) is 31.3 Å². The van der Waals surface area contributed by atoms with Gasteiger partial charge in [0.25, 0.3) is 0 Å². The summed E-state index contributed by atoms with van der Waals surface area (Å²) in [6, 6.07) is 9.10. The molecule has 0 aliphatic carbocycles. The minimum absolute atomic E-state index is 0.0238. The lowest BCUT2D eigenvalue weighted by atomic mass is 9.90. The fourth-order valence-electron chi connectivity index (χ4n) is 5.34. The molecule has 7 nitrogen and oxygen atoms in total. The van der Waals surface area contributed by atoms with Crippen LogP contribution < -0.4 is 4.74 Å². The van der Waals surface area contributed by atoms with Crippen LogP contribution in [0, 0.1) is 5.92 Å². The van der Waals surface area contributed by atoms with Crippen molar-refractivity contribution in [2.24, 2.45) is 13.0 Å². The van der Waals surface area contributed by atoms with E-state index in [1.165, 1.54) is 6.07 Å². The normalized spacial score (nSPS) is 20.7. The first kappa shape index (κ1) is 26.6. The van der Waals surface area contributed by atoms with Crippen LogP contribution >= 0.6 is 0 Å². The third-order valence-electron chi connectivity index (χ3n) is 7.57. The SMILES string of the molecule is Cn1ncc2ccc(C(=O)C[C@H]3CC[C@H](CCN4CCc5ccc(OCC(F)(F)F)nc5CC4)OC3)cc21. The highest BCUT2D eigenvalue weighted by Gasteiger charge is 2.29. The quantitative estimate of drug-likeness (QED) is 0.391. The summed E-state index contributed by atoms with van der Waals surface area (Å²) in [4.78, 5) is 19.6. The van der Waals surface area contributed by atoms with Crippen LogP contribution in [0.1, 0.15) is 47.3 Å². The molecule has 3 aromatic rings. The number of carbonyl (C=O) groups excluding carboxylic acids is 1. The number of hydrogen-bond acceptors (Lipinski definition) is 6. The third kappa shape index (κ3) is 6.71. The molecular formula is C28H33F3N4O3. The van der Waals surface area contributed by atoms with E-state index in [4.69, 9.17) is 9.47 Å². The molecule has 2 atom stereocenters. The van der Waals surface area contributed by atoms with Crippen LogP contribution in [0.25, 0.3) is 10.9 Å². The summed E-state index contributed by atoms with van der Waals surface area (Å²) in [5.74, 6) is 0.397. The highest BCUT2D eigenvalue weighted by atomic mass is 19.4. The number of aryl methyl sites for hydroxylation is 1. The van der Waals surface area contributed by atoms with Crippen molar-refractivity contribution in [3.63, 3.8) is 0 Å². The molecule has 2 aromatic heterocycles. The first-order valence-electron chi connectivity index (χ1n) is 13.2. The summed E-state index contributed by atoms with van der Waals surface area (Å²) < 4.78 is 50.1. The van der Waals surface area contributed by atoms with Crippen LogP contribution in [0.5, 0.6) is 5.88 Å². The Morgan fingerprint density at radius 3 is 2.79 bits per heavy atom. The minimum Gasteiger partial charge on any atom is -0.468 e. The van der Waals surface area contributed by atoms with Crippen molar-refractivity contribution in [2.75, 3.05) is 32.8 Å². The maximum Gasteiger partial charge on any atom is 0.422 e. The van der Waals surface area contributed by atoms with E-state index in [0.717, 1.165) is 73.0 Å². The number of alkyl halides is 3. The molecule has 2 aliphatic rings. The fourth-order valence-corrected chi connectivity index (χ4v) is 5.34. The molecule has 204 valence electrons. The molecule has 1 saturated heterocycles. The topological polar surface area (TPSA) is 69.5 Å². The van der Waals surface area contributed by atoms with Gasteiger partial charge >= 0.3 is 6.18 Å². The lowest BCUT2D eigenvalue weighted by Gasteiger charge is -2.30. The molecule has 1 aromatic carbocycles. The largest absolute Gasteiger partial charge is 0.468 e. The van der Waals surface area contributed by atoms with Gasteiger partial charge in [-0.15, -0.1) is 0 Å². The number of hydrogen-bond donors (Lipinski definition) is 0. The smallest absolute Gasteiger partial charge is 0.422 e. The zero-order valence-electron chi connectivity index (χ0n) is 21.5. The summed E-state index contributed by atoms with van der Waals surface area (Å²) in [5, 5.41) is 5.27. The Bertz CT molecular complexity index is 1270. The van der Waals surface area contributed by atoms with E-state index in [9.17, 15) is 18.0 Å². The first-order chi connectivity index (χ1) is 18.2. The predicted octanol–water partition coefficient (Wildman–Crippen LogP) is 4.77. The Labute approximate surface area is 219 Å². The van der Waals surface area contributed by atoms with Gasteiger partial charge < -0.3 is 14.4 Å². The van der Waals surface area contributed by atoms with E-state index in [-0.39, 0.29) is 23.7 Å². The Kier molecular flexibility index (Phi) is 7.99. The number of fused-ring (bicyclic) bond motifs is 2. The summed E-state index contributed by atoms with van der Waals surface area (Å²) in [6.07, 6.45) is 2.41. The number of aromatic nitrogens is 3. The van der Waals surface area contributed by atoms with Crippen molar-refractivity contribution in [3.8, 4) is 5.88 Å². The highest BCUT2D eigenvalue weighted by molar-refractivity contribution is 5.99. The number of carbonyl (C=O) groups is 1. The van der Waals surface area contributed by atoms with E-state index >= 15 is 0 Å². The molecule has 0 unspecified atom stereocenters. The molecule has 0 N–H and O–H groups in total. The Balaban J connectivity index is 1.05. The first-order valence-corrected chi connectivity index (χ1v) is 13.2. The standard InChI is InChI=1S/C28H33F3N4O3/c1-34-25-15-21(3-4-22(25)16-32-34)26(36)14-19-2-6-23(37-17-19)9-12-35-11-8-20-5-7-27(33-24(20)10-13-35)38-18-28(29,30)31/h3-5,7,15-16,19,23H,2,6,8-14,17-18H2,1H3/t19-,23-/m1/s1. The number of ketones is 1. The van der Waals surface area contributed by atoms with Gasteiger partial charge in [0.2, 0.25) is 5.88 Å². The van der Waals surface area contributed by atoms with Crippen LogP contribution in [0.2, 0.25) is 0 Å². The summed E-state index contributed by atoms with van der Waals surface area (Å²) >= 11 is 0. The van der Waals surface area contributed by atoms with Crippen molar-refractivity contribution < 1.29 is 27.4 Å². The zero-order valence-corrected chi connectivity index (χ0v) is 21.5. The number of nitrogens with zero attached hydrogens (tertiary/aromatic N) is 4. The van der Waals surface area contributed by atoms with E-state index in [1.54, 1.807) is 10.9 Å². The Morgan fingerprint density at radius 2 is 2.00 bits per heavy atom. The molecule has 0 saturated carbocycles. The number of Topliss-reactive ketones (excluding diaryl/α,β-unsaturated/α-hetero) is 1. The van der Waals surface area contributed by atoms with Crippen LogP contribution in [-0.4, -0.2) is 70.6 Å². The fraction of sp³-hybridized carbons (Fsp3) is 0.536. The average Bonchev–Trinajstić information content (AvgIpc) is 3.15. The second kappa shape index (κ2) is 11.4. The summed E-state index contributed by atoms with van der Waals surface area (Å²) in [6.45, 7) is 1.84. The van der Waals surface area contributed by atoms with Gasteiger partial charge in [0.15, 0.2) is 12.4 Å². The molecule has 38 heavy (non-hydrogen) atoms. The molecule has 4 heterocycles. The molecule has 5 rings (SSSR count). The van der Waals surface area contributed by atoms with E-state index in [2.05, 4.69) is 15.0 Å². The molecular weight excluding hydrogens is 497 g/mol. The van der Waals surface area contributed by atoms with Gasteiger partial charge in [-0.3, -0.25) is 9.48 Å². The van der Waals surface area contributed by atoms with Crippen LogP contribution in [-0.2, 0) is 24.6 Å². The van der Waals surface area contributed by atoms with E-state index < -0.39 is 12.8 Å². The Hall–Kier alpha value is -2.98. The molecule has 0 amide bonds. The summed E-state index contributed by atoms with van der Waals surface area (Å²) in [5.41, 5.74) is 3.56. The Morgan fingerprint density at radius 1 is 1.16 bits per heavy atom. The maximum atomic E-state index is 12.9. The van der Waals surface area contributed by atoms with Gasteiger partial charge in [-0.2, -0.15) is 18.3 Å². The lowest BCUT2D eigenvalue weighted by Crippen LogP contribution is -2.33. The van der Waals surface area contributed by atoms with Crippen molar-refractivity contribution in [2.45, 2.75) is 50.8 Å². The molecule has 10 heteroatoms. The molecule has 0 radical (unpaired) electrons. The van der Waals surface area contributed by atoms with Crippen LogP contribution in [0.15, 0.2) is 36.5 Å². The monoisotopic (exact) mass is 530 g/mol. The molecule has 0 bridgehead atoms. The van der Waals surface area contributed by atoms with E-state index in [0.29, 0.717) is 19.4 Å².